The Morgan fingerprint density at radius 2 is 1.80 bits per heavy atom. The molecule has 0 saturated carbocycles. The Bertz CT molecular complexity index is 1380. The summed E-state index contributed by atoms with van der Waals surface area (Å²) in [6.45, 7) is 5.58. The van der Waals surface area contributed by atoms with E-state index in [0.29, 0.717) is 34.8 Å². The third-order valence-corrected chi connectivity index (χ3v) is 8.19. The lowest BCUT2D eigenvalue weighted by molar-refractivity contribution is -0.146. The van der Waals surface area contributed by atoms with E-state index in [9.17, 15) is 19.8 Å². The molecule has 1 saturated heterocycles. The maximum Gasteiger partial charge on any atom is 0.264 e. The summed E-state index contributed by atoms with van der Waals surface area (Å²) in [6.07, 6.45) is -0.248. The number of carbonyl (C=O) groups is 2. The number of nitrogens with zero attached hydrogens (tertiary/aromatic N) is 1. The molecule has 2 amide bonds. The molecule has 0 aliphatic carbocycles. The number of nitrogens with one attached hydrogen (secondary N) is 1. The number of hydrogen-bond acceptors (Lipinski definition) is 6. The van der Waals surface area contributed by atoms with Gasteiger partial charge in [-0.1, -0.05) is 37.3 Å². The van der Waals surface area contributed by atoms with E-state index in [1.165, 1.54) is 0 Å². The van der Waals surface area contributed by atoms with E-state index in [1.807, 2.05) is 43.3 Å². The van der Waals surface area contributed by atoms with Crippen molar-refractivity contribution < 1.29 is 29.3 Å². The number of benzene rings is 3. The third-order valence-electron chi connectivity index (χ3n) is 8.19. The van der Waals surface area contributed by atoms with Gasteiger partial charge in [-0.2, -0.15) is 0 Å². The highest BCUT2D eigenvalue weighted by Crippen LogP contribution is 2.58. The van der Waals surface area contributed by atoms with E-state index in [0.717, 1.165) is 5.56 Å². The zero-order valence-electron chi connectivity index (χ0n) is 23.3. The maximum atomic E-state index is 14.4. The van der Waals surface area contributed by atoms with Crippen LogP contribution in [0.2, 0.25) is 0 Å². The smallest absolute Gasteiger partial charge is 0.264 e. The maximum absolute atomic E-state index is 14.4. The van der Waals surface area contributed by atoms with Gasteiger partial charge in [0.25, 0.3) is 11.8 Å². The van der Waals surface area contributed by atoms with Crippen molar-refractivity contribution in [3.63, 3.8) is 0 Å². The summed E-state index contributed by atoms with van der Waals surface area (Å²) in [5.41, 5.74) is 0.756. The number of amides is 2. The first-order chi connectivity index (χ1) is 19.1. The van der Waals surface area contributed by atoms with Crippen LogP contribution in [0, 0.1) is 11.8 Å². The van der Waals surface area contributed by atoms with E-state index < -0.39 is 29.1 Å². The molecule has 2 aliphatic heterocycles. The van der Waals surface area contributed by atoms with Crippen molar-refractivity contribution in [2.24, 2.45) is 11.8 Å². The first kappa shape index (κ1) is 27.8. The van der Waals surface area contributed by atoms with Gasteiger partial charge in [0.2, 0.25) is 0 Å². The van der Waals surface area contributed by atoms with Gasteiger partial charge in [-0.3, -0.25) is 9.59 Å². The quantitative estimate of drug-likeness (QED) is 0.386. The largest absolute Gasteiger partial charge is 0.497 e. The predicted octanol–water partition coefficient (Wildman–Crippen LogP) is 4.49. The van der Waals surface area contributed by atoms with Crippen molar-refractivity contribution in [2.45, 2.75) is 51.0 Å². The Balaban J connectivity index is 1.57. The number of rotatable bonds is 8. The van der Waals surface area contributed by atoms with Gasteiger partial charge in [0.15, 0.2) is 5.60 Å². The summed E-state index contributed by atoms with van der Waals surface area (Å²) < 4.78 is 11.8. The minimum absolute atomic E-state index is 0.132. The number of anilines is 2. The molecule has 8 nitrogen and oxygen atoms in total. The second-order valence-electron chi connectivity index (χ2n) is 11.2. The lowest BCUT2D eigenvalue weighted by Gasteiger charge is -2.34. The summed E-state index contributed by atoms with van der Waals surface area (Å²) in [4.78, 5) is 29.2. The Kier molecular flexibility index (Phi) is 7.44. The van der Waals surface area contributed by atoms with Crippen molar-refractivity contribution in [1.82, 2.24) is 0 Å². The van der Waals surface area contributed by atoms with E-state index in [4.69, 9.17) is 9.47 Å². The predicted molar refractivity (Wildman–Crippen MR) is 152 cm³/mol. The summed E-state index contributed by atoms with van der Waals surface area (Å²) in [5, 5.41) is 23.9. The fourth-order valence-corrected chi connectivity index (χ4v) is 6.42. The molecule has 5 rings (SSSR count). The van der Waals surface area contributed by atoms with Crippen LogP contribution >= 0.6 is 0 Å². The summed E-state index contributed by atoms with van der Waals surface area (Å²) in [6, 6.07) is 22.0. The standard InChI is InChI=1S/C32H36N2O6/c1-20-28(31(2,3)38)27(16-17-35)40-32(20)25-18-23(33-29(36)22-10-13-24(39-4)14-11-22)12-15-26(25)34(30(32)37)19-21-8-6-5-7-9-21/h5-15,18,20,27-28,35,38H,16-17,19H2,1-4H3,(H,33,36)/t20-,27+,28-,32+/m0/s1. The highest BCUT2D eigenvalue weighted by atomic mass is 16.5. The van der Waals surface area contributed by atoms with Crippen LogP contribution in [0.5, 0.6) is 5.75 Å². The fraction of sp³-hybridized carbons (Fsp3) is 0.375. The fourth-order valence-electron chi connectivity index (χ4n) is 6.42. The summed E-state index contributed by atoms with van der Waals surface area (Å²) >= 11 is 0. The van der Waals surface area contributed by atoms with E-state index in [1.54, 1.807) is 62.3 Å². The number of hydrogen-bond donors (Lipinski definition) is 3. The van der Waals surface area contributed by atoms with Crippen molar-refractivity contribution in [1.29, 1.82) is 0 Å². The van der Waals surface area contributed by atoms with Gasteiger partial charge in [-0.25, -0.2) is 0 Å². The molecule has 4 atom stereocenters. The molecule has 1 fully saturated rings. The molecule has 0 bridgehead atoms. The molecule has 3 aromatic rings. The SMILES string of the molecule is COc1ccc(C(=O)Nc2ccc3c(c2)[C@@]2(O[C@H](CCO)[C@@H](C(C)(C)O)[C@@H]2C)C(=O)N3Cc2ccccc2)cc1. The number of ether oxygens (including phenoxy) is 2. The van der Waals surface area contributed by atoms with Crippen molar-refractivity contribution in [3.8, 4) is 5.75 Å². The molecule has 210 valence electrons. The van der Waals surface area contributed by atoms with E-state index >= 15 is 0 Å². The van der Waals surface area contributed by atoms with Crippen molar-refractivity contribution in [3.05, 3.63) is 89.5 Å². The van der Waals surface area contributed by atoms with Crippen LogP contribution in [-0.2, 0) is 21.7 Å². The molecule has 1 spiro atoms. The number of fused-ring (bicyclic) bond motifs is 2. The summed E-state index contributed by atoms with van der Waals surface area (Å²) in [5.74, 6) is -0.685. The third kappa shape index (κ3) is 4.76. The second kappa shape index (κ2) is 10.7. The minimum atomic E-state index is -1.38. The minimum Gasteiger partial charge on any atom is -0.497 e. The van der Waals surface area contributed by atoms with E-state index in [2.05, 4.69) is 5.32 Å². The lowest BCUT2D eigenvalue weighted by atomic mass is 9.71. The first-order valence-corrected chi connectivity index (χ1v) is 13.6. The molecular formula is C32H36N2O6. The Hall–Kier alpha value is -3.72. The molecular weight excluding hydrogens is 508 g/mol. The van der Waals surface area contributed by atoms with Crippen LogP contribution in [-0.4, -0.2) is 47.4 Å². The van der Waals surface area contributed by atoms with Gasteiger partial charge in [-0.15, -0.1) is 0 Å². The number of aliphatic hydroxyl groups excluding tert-OH is 1. The number of methoxy groups -OCH3 is 1. The lowest BCUT2D eigenvalue weighted by Crippen LogP contribution is -2.46. The zero-order valence-corrected chi connectivity index (χ0v) is 23.3. The van der Waals surface area contributed by atoms with Gasteiger partial charge >= 0.3 is 0 Å². The van der Waals surface area contributed by atoms with Gasteiger partial charge in [0.05, 0.1) is 31.0 Å². The van der Waals surface area contributed by atoms with Crippen LogP contribution < -0.4 is 15.0 Å². The molecule has 3 aromatic carbocycles. The molecule has 2 aliphatic rings. The Labute approximate surface area is 234 Å². The van der Waals surface area contributed by atoms with Crippen molar-refractivity contribution >= 4 is 23.2 Å². The molecule has 8 heteroatoms. The topological polar surface area (TPSA) is 108 Å². The molecule has 0 aromatic heterocycles. The zero-order chi connectivity index (χ0) is 28.7. The van der Waals surface area contributed by atoms with Gasteiger partial charge in [0.1, 0.15) is 5.75 Å². The van der Waals surface area contributed by atoms with Gasteiger partial charge in [-0.05, 0) is 68.3 Å². The molecule has 2 heterocycles. The molecule has 0 radical (unpaired) electrons. The van der Waals surface area contributed by atoms with Crippen LogP contribution in [0.25, 0.3) is 0 Å². The van der Waals surface area contributed by atoms with Crippen LogP contribution in [0.15, 0.2) is 72.8 Å². The van der Waals surface area contributed by atoms with Crippen molar-refractivity contribution in [2.75, 3.05) is 23.9 Å². The summed E-state index contributed by atoms with van der Waals surface area (Å²) in [7, 11) is 1.57. The van der Waals surface area contributed by atoms with Crippen LogP contribution in [0.4, 0.5) is 11.4 Å². The average molecular weight is 545 g/mol. The van der Waals surface area contributed by atoms with E-state index in [-0.39, 0.29) is 24.8 Å². The number of aliphatic hydroxyl groups is 2. The first-order valence-electron chi connectivity index (χ1n) is 13.6. The Morgan fingerprint density at radius 1 is 1.10 bits per heavy atom. The Morgan fingerprint density at radius 3 is 2.42 bits per heavy atom. The highest BCUT2D eigenvalue weighted by Gasteiger charge is 2.65. The average Bonchev–Trinajstić information content (AvgIpc) is 3.36. The normalized spacial score (nSPS) is 23.9. The van der Waals surface area contributed by atoms with Crippen LogP contribution in [0.1, 0.15) is 48.7 Å². The van der Waals surface area contributed by atoms with Gasteiger partial charge < -0.3 is 29.9 Å². The second-order valence-corrected chi connectivity index (χ2v) is 11.2. The monoisotopic (exact) mass is 544 g/mol. The molecule has 40 heavy (non-hydrogen) atoms. The molecule has 0 unspecified atom stereocenters. The highest BCUT2D eigenvalue weighted by molar-refractivity contribution is 6.09. The van der Waals surface area contributed by atoms with Crippen LogP contribution in [0.3, 0.4) is 0 Å². The molecule has 3 N–H and O–H groups in total. The van der Waals surface area contributed by atoms with Gasteiger partial charge in [0, 0.05) is 35.3 Å². The number of carbonyl (C=O) groups excluding carboxylic acids is 2.